The van der Waals surface area contributed by atoms with E-state index in [-0.39, 0.29) is 16.9 Å². The molecular weight excluding hydrogens is 350 g/mol. The number of aryl methyl sites for hydroxylation is 2. The van der Waals surface area contributed by atoms with Crippen molar-refractivity contribution in [3.63, 3.8) is 0 Å². The van der Waals surface area contributed by atoms with Gasteiger partial charge in [0.1, 0.15) is 11.2 Å². The van der Waals surface area contributed by atoms with Crippen molar-refractivity contribution in [1.29, 1.82) is 0 Å². The summed E-state index contributed by atoms with van der Waals surface area (Å²) in [6.07, 6.45) is 2.23. The average Bonchev–Trinajstić information content (AvgIpc) is 2.62. The lowest BCUT2D eigenvalue weighted by Crippen LogP contribution is -2.31. The fourth-order valence-electron chi connectivity index (χ4n) is 2.87. The molecule has 2 aromatic heterocycles. The standard InChI is InChI=1S/C20H20ClN3O2/c1-3-24-12-17(18(25)16-8-7-13(2)23-19(16)24)20(26)22-10-9-14-5-4-6-15(21)11-14/h4-8,11-12H,3,9-10H2,1-2H3,(H,22,26). The molecule has 3 aromatic rings. The first-order chi connectivity index (χ1) is 12.5. The number of hydrogen-bond acceptors (Lipinski definition) is 3. The predicted molar refractivity (Wildman–Crippen MR) is 104 cm³/mol. The Balaban J connectivity index is 1.83. The van der Waals surface area contributed by atoms with Gasteiger partial charge in [0.25, 0.3) is 5.91 Å². The zero-order valence-corrected chi connectivity index (χ0v) is 15.5. The molecule has 0 atom stereocenters. The zero-order valence-electron chi connectivity index (χ0n) is 14.8. The molecule has 0 radical (unpaired) electrons. The van der Waals surface area contributed by atoms with E-state index in [1.807, 2.05) is 42.7 Å². The van der Waals surface area contributed by atoms with Gasteiger partial charge >= 0.3 is 0 Å². The molecule has 2 heterocycles. The summed E-state index contributed by atoms with van der Waals surface area (Å²) < 4.78 is 1.83. The van der Waals surface area contributed by atoms with Gasteiger partial charge < -0.3 is 9.88 Å². The van der Waals surface area contributed by atoms with Gasteiger partial charge in [-0.1, -0.05) is 23.7 Å². The summed E-state index contributed by atoms with van der Waals surface area (Å²) in [5.74, 6) is -0.373. The molecule has 5 nitrogen and oxygen atoms in total. The van der Waals surface area contributed by atoms with E-state index in [0.29, 0.717) is 35.6 Å². The maximum Gasteiger partial charge on any atom is 0.256 e. The third-order valence-corrected chi connectivity index (χ3v) is 4.47. The van der Waals surface area contributed by atoms with Crippen LogP contribution in [0, 0.1) is 6.92 Å². The van der Waals surface area contributed by atoms with Crippen molar-refractivity contribution in [1.82, 2.24) is 14.9 Å². The smallest absolute Gasteiger partial charge is 0.256 e. The minimum atomic E-state index is -0.373. The van der Waals surface area contributed by atoms with Crippen LogP contribution < -0.4 is 10.7 Å². The molecule has 0 unspecified atom stereocenters. The number of carbonyl (C=O) groups excluding carboxylic acids is 1. The van der Waals surface area contributed by atoms with Crippen molar-refractivity contribution in [2.45, 2.75) is 26.8 Å². The number of nitrogens with one attached hydrogen (secondary N) is 1. The Kier molecular flexibility index (Phi) is 5.38. The number of carbonyl (C=O) groups is 1. The van der Waals surface area contributed by atoms with E-state index in [0.717, 1.165) is 11.3 Å². The number of halogens is 1. The van der Waals surface area contributed by atoms with Gasteiger partial charge in [0.2, 0.25) is 5.43 Å². The summed E-state index contributed by atoms with van der Waals surface area (Å²) in [7, 11) is 0. The van der Waals surface area contributed by atoms with Crippen LogP contribution in [-0.2, 0) is 13.0 Å². The highest BCUT2D eigenvalue weighted by Gasteiger charge is 2.15. The van der Waals surface area contributed by atoms with Crippen molar-refractivity contribution in [2.75, 3.05) is 6.54 Å². The molecule has 1 amide bonds. The summed E-state index contributed by atoms with van der Waals surface area (Å²) in [5.41, 5.74) is 2.31. The van der Waals surface area contributed by atoms with Gasteiger partial charge in [-0.2, -0.15) is 0 Å². The Morgan fingerprint density at radius 3 is 2.81 bits per heavy atom. The van der Waals surface area contributed by atoms with Crippen molar-refractivity contribution >= 4 is 28.5 Å². The second-order valence-electron chi connectivity index (χ2n) is 6.12. The molecule has 0 aliphatic heterocycles. The van der Waals surface area contributed by atoms with Crippen LogP contribution in [0.5, 0.6) is 0 Å². The Morgan fingerprint density at radius 1 is 1.27 bits per heavy atom. The molecule has 0 aliphatic rings. The van der Waals surface area contributed by atoms with Crippen LogP contribution in [0.1, 0.15) is 28.5 Å². The molecule has 0 bridgehead atoms. The molecule has 0 saturated heterocycles. The van der Waals surface area contributed by atoms with Crippen LogP contribution in [0.15, 0.2) is 47.4 Å². The van der Waals surface area contributed by atoms with Crippen LogP contribution >= 0.6 is 11.6 Å². The first-order valence-electron chi connectivity index (χ1n) is 8.53. The number of nitrogens with zero attached hydrogens (tertiary/aromatic N) is 2. The normalized spacial score (nSPS) is 10.9. The molecule has 0 saturated carbocycles. The van der Waals surface area contributed by atoms with E-state index in [1.54, 1.807) is 18.3 Å². The first-order valence-corrected chi connectivity index (χ1v) is 8.91. The van der Waals surface area contributed by atoms with E-state index >= 15 is 0 Å². The van der Waals surface area contributed by atoms with Crippen LogP contribution in [-0.4, -0.2) is 22.0 Å². The highest BCUT2D eigenvalue weighted by molar-refractivity contribution is 6.30. The molecule has 1 N–H and O–H groups in total. The summed E-state index contributed by atoms with van der Waals surface area (Å²) in [5, 5.41) is 3.94. The zero-order chi connectivity index (χ0) is 18.7. The number of rotatable bonds is 5. The summed E-state index contributed by atoms with van der Waals surface area (Å²) in [6.45, 7) is 4.88. The Morgan fingerprint density at radius 2 is 2.08 bits per heavy atom. The van der Waals surface area contributed by atoms with Crippen molar-refractivity contribution in [3.05, 3.63) is 74.7 Å². The molecule has 0 spiro atoms. The second-order valence-corrected chi connectivity index (χ2v) is 6.55. The fraction of sp³-hybridized carbons (Fsp3) is 0.250. The summed E-state index contributed by atoms with van der Waals surface area (Å²) in [4.78, 5) is 29.7. The maximum atomic E-state index is 12.7. The van der Waals surface area contributed by atoms with Crippen molar-refractivity contribution in [2.24, 2.45) is 0 Å². The SMILES string of the molecule is CCn1cc(C(=O)NCCc2cccc(Cl)c2)c(=O)c2ccc(C)nc21. The fourth-order valence-corrected chi connectivity index (χ4v) is 3.08. The second kappa shape index (κ2) is 7.70. The van der Waals surface area contributed by atoms with Gasteiger partial charge in [-0.15, -0.1) is 0 Å². The van der Waals surface area contributed by atoms with E-state index in [4.69, 9.17) is 11.6 Å². The van der Waals surface area contributed by atoms with Crippen LogP contribution in [0.3, 0.4) is 0 Å². The molecule has 0 aliphatic carbocycles. The number of pyridine rings is 2. The van der Waals surface area contributed by atoms with Gasteiger partial charge in [-0.05, 0) is 50.1 Å². The maximum absolute atomic E-state index is 12.7. The third kappa shape index (κ3) is 3.78. The van der Waals surface area contributed by atoms with E-state index < -0.39 is 0 Å². The van der Waals surface area contributed by atoms with Crippen LogP contribution in [0.4, 0.5) is 0 Å². The van der Waals surface area contributed by atoms with E-state index in [2.05, 4.69) is 10.3 Å². The largest absolute Gasteiger partial charge is 0.352 e. The van der Waals surface area contributed by atoms with Gasteiger partial charge in [0.05, 0.1) is 5.39 Å². The van der Waals surface area contributed by atoms with Crippen LogP contribution in [0.2, 0.25) is 5.02 Å². The highest BCUT2D eigenvalue weighted by Crippen LogP contribution is 2.12. The lowest BCUT2D eigenvalue weighted by molar-refractivity contribution is 0.0952. The molecule has 1 aromatic carbocycles. The van der Waals surface area contributed by atoms with Crippen molar-refractivity contribution in [3.8, 4) is 0 Å². The number of hydrogen-bond donors (Lipinski definition) is 1. The average molecular weight is 370 g/mol. The Labute approximate surface area is 156 Å². The molecular formula is C20H20ClN3O2. The number of fused-ring (bicyclic) bond motifs is 1. The first kappa shape index (κ1) is 18.1. The number of amides is 1. The molecule has 134 valence electrons. The topological polar surface area (TPSA) is 64.0 Å². The minimum absolute atomic E-state index is 0.135. The summed E-state index contributed by atoms with van der Waals surface area (Å²) >= 11 is 5.97. The number of aromatic nitrogens is 2. The predicted octanol–water partition coefficient (Wildman–Crippen LogP) is 3.35. The van der Waals surface area contributed by atoms with Gasteiger partial charge in [0, 0.05) is 30.0 Å². The van der Waals surface area contributed by atoms with Crippen molar-refractivity contribution < 1.29 is 4.79 Å². The Bertz CT molecular complexity index is 1030. The molecule has 3 rings (SSSR count). The molecule has 26 heavy (non-hydrogen) atoms. The Hall–Kier alpha value is -2.66. The lowest BCUT2D eigenvalue weighted by atomic mass is 10.1. The third-order valence-electron chi connectivity index (χ3n) is 4.23. The van der Waals surface area contributed by atoms with Gasteiger partial charge in [0.15, 0.2) is 0 Å². The molecule has 6 heteroatoms. The minimum Gasteiger partial charge on any atom is -0.352 e. The monoisotopic (exact) mass is 369 g/mol. The van der Waals surface area contributed by atoms with E-state index in [9.17, 15) is 9.59 Å². The van der Waals surface area contributed by atoms with Gasteiger partial charge in [-0.3, -0.25) is 9.59 Å². The summed E-state index contributed by atoms with van der Waals surface area (Å²) in [6, 6.07) is 11.0. The van der Waals surface area contributed by atoms with Gasteiger partial charge in [-0.25, -0.2) is 4.98 Å². The quantitative estimate of drug-likeness (QED) is 0.750. The highest BCUT2D eigenvalue weighted by atomic mass is 35.5. The number of benzene rings is 1. The van der Waals surface area contributed by atoms with Crippen LogP contribution in [0.25, 0.3) is 11.0 Å². The van der Waals surface area contributed by atoms with E-state index in [1.165, 1.54) is 0 Å². The molecule has 0 fully saturated rings. The lowest BCUT2D eigenvalue weighted by Gasteiger charge is -2.11.